The Balaban J connectivity index is 0.000000212. The molecule has 2 saturated heterocycles. The molecule has 0 saturated carbocycles. The standard InChI is InChI=1S/C20H28N6O3.C19H25N5O2/c1-5-17(27)26-7-6-14(8-13(26)3)24-16-10-22-19-18(25-16)15(9-21-19)20(28)23-12(2)11-29-4;1-4-17(25)24-8-6-13(7-9-24)22-14-10-15-16(19(26)20-5-2)12-23(3)18(15)21-11-14/h5,9-10,12-14H,1,6-8,11H2,2-4H3,(H,21,22)(H,23,28)(H,24,25);4,10-13,22H,1,5-9H2,2-3H3,(H,20,26)/t12-,13-,14-;/m0./s1. The van der Waals surface area contributed by atoms with E-state index in [1.807, 2.05) is 54.4 Å². The van der Waals surface area contributed by atoms with Crippen molar-refractivity contribution >= 4 is 57.3 Å². The molecule has 5 N–H and O–H groups in total. The Kier molecular flexibility index (Phi) is 13.6. The molecule has 2 aliphatic heterocycles. The van der Waals surface area contributed by atoms with Gasteiger partial charge in [-0.05, 0) is 64.7 Å². The van der Waals surface area contributed by atoms with Gasteiger partial charge in [0.25, 0.3) is 11.8 Å². The smallest absolute Gasteiger partial charge is 0.255 e. The van der Waals surface area contributed by atoms with Crippen LogP contribution in [0.5, 0.6) is 0 Å². The first kappa shape index (κ1) is 40.4. The molecule has 0 radical (unpaired) electrons. The molecule has 55 heavy (non-hydrogen) atoms. The molecule has 2 aliphatic rings. The minimum absolute atomic E-state index is 0.0117. The van der Waals surface area contributed by atoms with Gasteiger partial charge in [0, 0.05) is 82.3 Å². The summed E-state index contributed by atoms with van der Waals surface area (Å²) in [5.41, 5.74) is 3.82. The predicted molar refractivity (Wildman–Crippen MR) is 213 cm³/mol. The molecule has 0 aromatic carbocycles. The number of anilines is 2. The summed E-state index contributed by atoms with van der Waals surface area (Å²) in [6.45, 7) is 16.0. The molecule has 3 atom stereocenters. The first-order valence-corrected chi connectivity index (χ1v) is 18.7. The SMILES string of the molecule is C=CC(=O)N1CCC(Nc2cnc3c(c2)c(C(=O)NCC)cn3C)CC1.C=CC(=O)N1CC[C@H](Nc2cnc3[nH]cc(C(=O)N[C@@H](C)COC)c3n2)C[C@@H]1C. The zero-order valence-corrected chi connectivity index (χ0v) is 32.4. The highest BCUT2D eigenvalue weighted by Gasteiger charge is 2.28. The zero-order valence-electron chi connectivity index (χ0n) is 32.4. The maximum absolute atomic E-state index is 12.6. The van der Waals surface area contributed by atoms with E-state index < -0.39 is 0 Å². The van der Waals surface area contributed by atoms with Crippen LogP contribution in [0.4, 0.5) is 11.5 Å². The molecule has 6 rings (SSSR count). The fraction of sp³-hybridized carbons (Fsp3) is 0.462. The Labute approximate surface area is 321 Å². The van der Waals surface area contributed by atoms with Crippen LogP contribution < -0.4 is 21.3 Å². The van der Waals surface area contributed by atoms with E-state index in [1.165, 1.54) is 12.2 Å². The fourth-order valence-corrected chi connectivity index (χ4v) is 7.07. The minimum atomic E-state index is -0.225. The minimum Gasteiger partial charge on any atom is -0.383 e. The number of nitrogens with one attached hydrogen (secondary N) is 5. The lowest BCUT2D eigenvalue weighted by Crippen LogP contribution is -2.47. The molecule has 4 amide bonds. The number of carbonyl (C=O) groups is 4. The normalized spacial score (nSPS) is 17.8. The summed E-state index contributed by atoms with van der Waals surface area (Å²) in [7, 11) is 3.48. The van der Waals surface area contributed by atoms with E-state index in [1.54, 1.807) is 25.7 Å². The molecule has 0 spiro atoms. The van der Waals surface area contributed by atoms with E-state index in [9.17, 15) is 19.2 Å². The number of fused-ring (bicyclic) bond motifs is 2. The number of hydrogen-bond acceptors (Lipinski definition) is 10. The maximum Gasteiger partial charge on any atom is 0.255 e. The van der Waals surface area contributed by atoms with Crippen molar-refractivity contribution in [1.29, 1.82) is 0 Å². The van der Waals surface area contributed by atoms with Gasteiger partial charge in [0.1, 0.15) is 17.0 Å². The second-order valence-electron chi connectivity index (χ2n) is 14.0. The van der Waals surface area contributed by atoms with E-state index in [2.05, 4.69) is 54.4 Å². The summed E-state index contributed by atoms with van der Waals surface area (Å²) < 4.78 is 6.92. The highest BCUT2D eigenvalue weighted by atomic mass is 16.5. The quantitative estimate of drug-likeness (QED) is 0.134. The van der Waals surface area contributed by atoms with E-state index in [0.29, 0.717) is 60.9 Å². The molecule has 16 heteroatoms. The van der Waals surface area contributed by atoms with Gasteiger partial charge in [-0.1, -0.05) is 13.2 Å². The number of aromatic nitrogens is 5. The van der Waals surface area contributed by atoms with Crippen molar-refractivity contribution in [2.24, 2.45) is 7.05 Å². The number of amides is 4. The average Bonchev–Trinajstić information content (AvgIpc) is 3.75. The van der Waals surface area contributed by atoms with Crippen LogP contribution in [0.1, 0.15) is 67.2 Å². The predicted octanol–water partition coefficient (Wildman–Crippen LogP) is 3.61. The molecule has 0 aliphatic carbocycles. The van der Waals surface area contributed by atoms with E-state index in [-0.39, 0.29) is 47.8 Å². The summed E-state index contributed by atoms with van der Waals surface area (Å²) in [5, 5.41) is 13.4. The summed E-state index contributed by atoms with van der Waals surface area (Å²) in [5.74, 6) is 0.243. The van der Waals surface area contributed by atoms with Crippen LogP contribution in [0.3, 0.4) is 0 Å². The van der Waals surface area contributed by atoms with Crippen LogP contribution in [0.2, 0.25) is 0 Å². The van der Waals surface area contributed by atoms with Crippen LogP contribution in [0.15, 0.2) is 56.2 Å². The fourth-order valence-electron chi connectivity index (χ4n) is 7.07. The van der Waals surface area contributed by atoms with E-state index in [4.69, 9.17) is 4.74 Å². The molecular weight excluding hydrogens is 703 g/mol. The number of methoxy groups -OCH3 is 1. The van der Waals surface area contributed by atoms with Crippen LogP contribution in [-0.4, -0.2) is 122 Å². The first-order chi connectivity index (χ1) is 26.5. The van der Waals surface area contributed by atoms with Gasteiger partial charge in [-0.15, -0.1) is 0 Å². The summed E-state index contributed by atoms with van der Waals surface area (Å²) >= 11 is 0. The Bertz CT molecular complexity index is 2020. The molecule has 4 aromatic rings. The highest BCUT2D eigenvalue weighted by Crippen LogP contribution is 2.25. The summed E-state index contributed by atoms with van der Waals surface area (Å²) in [4.78, 5) is 68.5. The number of likely N-dealkylation sites (tertiary alicyclic amines) is 2. The second kappa shape index (κ2) is 18.5. The van der Waals surface area contributed by atoms with E-state index >= 15 is 0 Å². The number of carbonyl (C=O) groups excluding carboxylic acids is 4. The zero-order chi connectivity index (χ0) is 39.6. The lowest BCUT2D eigenvalue weighted by atomic mass is 9.98. The number of aromatic amines is 1. The molecular formula is C39H53N11O5. The Hall–Kier alpha value is -5.77. The van der Waals surface area contributed by atoms with Gasteiger partial charge >= 0.3 is 0 Å². The number of pyridine rings is 1. The largest absolute Gasteiger partial charge is 0.383 e. The lowest BCUT2D eigenvalue weighted by Gasteiger charge is -2.37. The number of piperidine rings is 2. The third-order valence-electron chi connectivity index (χ3n) is 9.85. The number of ether oxygens (including phenoxy) is 1. The number of aryl methyl sites for hydroxylation is 1. The van der Waals surface area contributed by atoms with Gasteiger partial charge in [-0.3, -0.25) is 19.2 Å². The highest BCUT2D eigenvalue weighted by molar-refractivity contribution is 6.07. The van der Waals surface area contributed by atoms with Crippen molar-refractivity contribution < 1.29 is 23.9 Å². The van der Waals surface area contributed by atoms with Gasteiger partial charge < -0.3 is 45.4 Å². The van der Waals surface area contributed by atoms with Crippen molar-refractivity contribution in [1.82, 2.24) is 44.9 Å². The van der Waals surface area contributed by atoms with Crippen molar-refractivity contribution in [3.05, 3.63) is 67.3 Å². The van der Waals surface area contributed by atoms with Crippen LogP contribution >= 0.6 is 0 Å². The van der Waals surface area contributed by atoms with Gasteiger partial charge in [0.15, 0.2) is 5.65 Å². The van der Waals surface area contributed by atoms with Gasteiger partial charge in [-0.2, -0.15) is 0 Å². The number of H-pyrrole nitrogens is 1. The van der Waals surface area contributed by atoms with Gasteiger partial charge in [-0.25, -0.2) is 15.0 Å². The Morgan fingerprint density at radius 1 is 1.00 bits per heavy atom. The molecule has 2 fully saturated rings. The molecule has 0 unspecified atom stereocenters. The molecule has 4 aromatic heterocycles. The maximum atomic E-state index is 12.6. The summed E-state index contributed by atoms with van der Waals surface area (Å²) in [6, 6.07) is 2.42. The average molecular weight is 756 g/mol. The van der Waals surface area contributed by atoms with Crippen molar-refractivity contribution in [3.8, 4) is 0 Å². The molecule has 6 heterocycles. The number of rotatable bonds is 12. The lowest BCUT2D eigenvalue weighted by molar-refractivity contribution is -0.129. The Morgan fingerprint density at radius 2 is 1.73 bits per heavy atom. The van der Waals surface area contributed by atoms with Gasteiger partial charge in [0.2, 0.25) is 11.8 Å². The third-order valence-corrected chi connectivity index (χ3v) is 9.85. The van der Waals surface area contributed by atoms with Crippen molar-refractivity contribution in [2.45, 2.75) is 70.6 Å². The van der Waals surface area contributed by atoms with Gasteiger partial charge in [0.05, 0.1) is 35.8 Å². The number of nitrogens with zero attached hydrogens (tertiary/aromatic N) is 6. The second-order valence-corrected chi connectivity index (χ2v) is 14.0. The molecule has 16 nitrogen and oxygen atoms in total. The Morgan fingerprint density at radius 3 is 2.40 bits per heavy atom. The first-order valence-electron chi connectivity index (χ1n) is 18.7. The summed E-state index contributed by atoms with van der Waals surface area (Å²) in [6.07, 6.45) is 12.9. The molecule has 294 valence electrons. The topological polar surface area (TPSA) is 191 Å². The third kappa shape index (κ3) is 9.86. The monoisotopic (exact) mass is 755 g/mol. The van der Waals surface area contributed by atoms with E-state index in [0.717, 1.165) is 42.4 Å². The van der Waals surface area contributed by atoms with Crippen LogP contribution in [-0.2, 0) is 21.4 Å². The van der Waals surface area contributed by atoms with Crippen molar-refractivity contribution in [2.75, 3.05) is 50.5 Å². The van der Waals surface area contributed by atoms with Crippen LogP contribution in [0, 0.1) is 0 Å². The van der Waals surface area contributed by atoms with Crippen LogP contribution in [0.25, 0.3) is 22.2 Å². The van der Waals surface area contributed by atoms with Crippen molar-refractivity contribution in [3.63, 3.8) is 0 Å². The number of hydrogen-bond donors (Lipinski definition) is 5. The molecule has 0 bridgehead atoms.